The van der Waals surface area contributed by atoms with Crippen LogP contribution < -0.4 is 14.8 Å². The zero-order valence-corrected chi connectivity index (χ0v) is 13.0. The molecule has 1 amide bonds. The maximum absolute atomic E-state index is 11.2. The maximum Gasteiger partial charge on any atom is 0.216 e. The molecule has 0 radical (unpaired) electrons. The minimum absolute atomic E-state index is 0.000302. The van der Waals surface area contributed by atoms with Crippen LogP contribution in [0.25, 0.3) is 0 Å². The SMILES string of the molecule is COc1ccc(C(CNC(C)=O)N2CCCC2)cc1OC. The Labute approximate surface area is 126 Å². The van der Waals surface area contributed by atoms with Gasteiger partial charge in [0.1, 0.15) is 0 Å². The summed E-state index contributed by atoms with van der Waals surface area (Å²) in [4.78, 5) is 13.7. The summed E-state index contributed by atoms with van der Waals surface area (Å²) >= 11 is 0. The van der Waals surface area contributed by atoms with Crippen LogP contribution in [-0.4, -0.2) is 44.7 Å². The molecule has 21 heavy (non-hydrogen) atoms. The molecule has 5 heteroatoms. The van der Waals surface area contributed by atoms with E-state index in [4.69, 9.17) is 9.47 Å². The standard InChI is InChI=1S/C16H24N2O3/c1-12(19)17-11-14(18-8-4-5-9-18)13-6-7-15(20-2)16(10-13)21-3/h6-7,10,14H,4-5,8-9,11H2,1-3H3,(H,17,19). The molecule has 0 bridgehead atoms. The fraction of sp³-hybridized carbons (Fsp3) is 0.562. The minimum Gasteiger partial charge on any atom is -0.493 e. The minimum atomic E-state index is -0.000302. The van der Waals surface area contributed by atoms with Gasteiger partial charge >= 0.3 is 0 Å². The normalized spacial score (nSPS) is 16.5. The lowest BCUT2D eigenvalue weighted by atomic mass is 10.0. The average molecular weight is 292 g/mol. The second-order valence-corrected chi connectivity index (χ2v) is 5.31. The number of ether oxygens (including phenoxy) is 2. The zero-order valence-electron chi connectivity index (χ0n) is 13.0. The van der Waals surface area contributed by atoms with Gasteiger partial charge in [-0.05, 0) is 43.6 Å². The first-order valence-corrected chi connectivity index (χ1v) is 7.36. The van der Waals surface area contributed by atoms with Crippen molar-refractivity contribution in [2.24, 2.45) is 0 Å². The number of carbonyl (C=O) groups excluding carboxylic acids is 1. The molecule has 0 aromatic heterocycles. The highest BCUT2D eigenvalue weighted by molar-refractivity contribution is 5.72. The van der Waals surface area contributed by atoms with Crippen molar-refractivity contribution in [3.05, 3.63) is 23.8 Å². The molecule has 1 aliphatic heterocycles. The molecule has 116 valence electrons. The lowest BCUT2D eigenvalue weighted by Gasteiger charge is -2.28. The van der Waals surface area contributed by atoms with E-state index in [1.54, 1.807) is 21.1 Å². The lowest BCUT2D eigenvalue weighted by molar-refractivity contribution is -0.119. The van der Waals surface area contributed by atoms with E-state index >= 15 is 0 Å². The van der Waals surface area contributed by atoms with Crippen LogP contribution in [0.1, 0.15) is 31.4 Å². The third-order valence-electron chi connectivity index (χ3n) is 3.92. The number of hydrogen-bond acceptors (Lipinski definition) is 4. The molecule has 1 saturated heterocycles. The molecule has 1 unspecified atom stereocenters. The Bertz CT molecular complexity index is 484. The van der Waals surface area contributed by atoms with E-state index in [1.807, 2.05) is 18.2 Å². The molecule has 0 spiro atoms. The molecule has 0 saturated carbocycles. The van der Waals surface area contributed by atoms with Crippen molar-refractivity contribution in [1.29, 1.82) is 0 Å². The summed E-state index contributed by atoms with van der Waals surface area (Å²) < 4.78 is 10.7. The molecule has 2 rings (SSSR count). The predicted molar refractivity (Wildman–Crippen MR) is 81.8 cm³/mol. The third-order valence-corrected chi connectivity index (χ3v) is 3.92. The van der Waals surface area contributed by atoms with Crippen molar-refractivity contribution in [3.8, 4) is 11.5 Å². The number of carbonyl (C=O) groups is 1. The molecular formula is C16H24N2O3. The Balaban J connectivity index is 2.24. The van der Waals surface area contributed by atoms with Crippen molar-refractivity contribution < 1.29 is 14.3 Å². The highest BCUT2D eigenvalue weighted by Crippen LogP contribution is 2.32. The van der Waals surface area contributed by atoms with Gasteiger partial charge in [-0.2, -0.15) is 0 Å². The van der Waals surface area contributed by atoms with Gasteiger partial charge in [-0.3, -0.25) is 9.69 Å². The van der Waals surface area contributed by atoms with Gasteiger partial charge in [0.05, 0.1) is 20.3 Å². The monoisotopic (exact) mass is 292 g/mol. The molecule has 1 aromatic carbocycles. The second-order valence-electron chi connectivity index (χ2n) is 5.31. The van der Waals surface area contributed by atoms with E-state index in [0.29, 0.717) is 6.54 Å². The van der Waals surface area contributed by atoms with E-state index in [-0.39, 0.29) is 11.9 Å². The molecule has 1 N–H and O–H groups in total. The predicted octanol–water partition coefficient (Wildman–Crippen LogP) is 1.98. The number of benzene rings is 1. The molecule has 1 aromatic rings. The quantitative estimate of drug-likeness (QED) is 0.871. The number of rotatable bonds is 6. The number of likely N-dealkylation sites (tertiary alicyclic amines) is 1. The molecule has 5 nitrogen and oxygen atoms in total. The van der Waals surface area contributed by atoms with Gasteiger partial charge in [-0.25, -0.2) is 0 Å². The Morgan fingerprint density at radius 3 is 2.48 bits per heavy atom. The maximum atomic E-state index is 11.2. The zero-order chi connectivity index (χ0) is 15.2. The summed E-state index contributed by atoms with van der Waals surface area (Å²) in [5.41, 5.74) is 1.14. The summed E-state index contributed by atoms with van der Waals surface area (Å²) in [5, 5.41) is 2.93. The van der Waals surface area contributed by atoms with Gasteiger partial charge in [-0.1, -0.05) is 6.07 Å². The van der Waals surface area contributed by atoms with Crippen LogP contribution in [0, 0.1) is 0 Å². The van der Waals surface area contributed by atoms with Crippen LogP contribution in [0.15, 0.2) is 18.2 Å². The molecule has 1 atom stereocenters. The van der Waals surface area contributed by atoms with Crippen LogP contribution in [0.5, 0.6) is 11.5 Å². The van der Waals surface area contributed by atoms with Crippen LogP contribution in [0.3, 0.4) is 0 Å². The van der Waals surface area contributed by atoms with E-state index in [0.717, 1.165) is 30.2 Å². The van der Waals surface area contributed by atoms with E-state index in [2.05, 4.69) is 10.2 Å². The summed E-state index contributed by atoms with van der Waals surface area (Å²) in [6, 6.07) is 6.15. The van der Waals surface area contributed by atoms with Crippen LogP contribution in [-0.2, 0) is 4.79 Å². The van der Waals surface area contributed by atoms with Crippen molar-refractivity contribution in [1.82, 2.24) is 10.2 Å². The molecule has 1 aliphatic rings. The van der Waals surface area contributed by atoms with Crippen molar-refractivity contribution in [2.45, 2.75) is 25.8 Å². The lowest BCUT2D eigenvalue weighted by Crippen LogP contribution is -2.35. The number of nitrogens with one attached hydrogen (secondary N) is 1. The number of methoxy groups -OCH3 is 2. The molecule has 1 heterocycles. The highest BCUT2D eigenvalue weighted by atomic mass is 16.5. The van der Waals surface area contributed by atoms with Gasteiger partial charge in [0.25, 0.3) is 0 Å². The largest absolute Gasteiger partial charge is 0.493 e. The van der Waals surface area contributed by atoms with Crippen molar-refractivity contribution in [2.75, 3.05) is 33.9 Å². The van der Waals surface area contributed by atoms with Gasteiger partial charge in [-0.15, -0.1) is 0 Å². The summed E-state index contributed by atoms with van der Waals surface area (Å²) in [6.07, 6.45) is 2.42. The first kappa shape index (κ1) is 15.6. The Morgan fingerprint density at radius 1 is 1.24 bits per heavy atom. The number of nitrogens with zero attached hydrogens (tertiary/aromatic N) is 1. The van der Waals surface area contributed by atoms with Gasteiger partial charge in [0.15, 0.2) is 11.5 Å². The Kier molecular flexibility index (Phi) is 5.44. The third kappa shape index (κ3) is 3.88. The summed E-state index contributed by atoms with van der Waals surface area (Å²) in [5.74, 6) is 1.45. The second kappa shape index (κ2) is 7.31. The van der Waals surface area contributed by atoms with Gasteiger partial charge in [0, 0.05) is 13.5 Å². The fourth-order valence-electron chi connectivity index (χ4n) is 2.81. The Morgan fingerprint density at radius 2 is 1.90 bits per heavy atom. The van der Waals surface area contributed by atoms with E-state index in [9.17, 15) is 4.79 Å². The first-order chi connectivity index (χ1) is 10.2. The molecule has 1 fully saturated rings. The molecular weight excluding hydrogens is 268 g/mol. The highest BCUT2D eigenvalue weighted by Gasteiger charge is 2.24. The van der Waals surface area contributed by atoms with Crippen molar-refractivity contribution >= 4 is 5.91 Å². The Hall–Kier alpha value is -1.75. The molecule has 0 aliphatic carbocycles. The fourth-order valence-corrected chi connectivity index (χ4v) is 2.81. The van der Waals surface area contributed by atoms with Crippen LogP contribution >= 0.6 is 0 Å². The van der Waals surface area contributed by atoms with E-state index < -0.39 is 0 Å². The van der Waals surface area contributed by atoms with Crippen molar-refractivity contribution in [3.63, 3.8) is 0 Å². The van der Waals surface area contributed by atoms with Crippen LogP contribution in [0.4, 0.5) is 0 Å². The van der Waals surface area contributed by atoms with Gasteiger partial charge < -0.3 is 14.8 Å². The topological polar surface area (TPSA) is 50.8 Å². The van der Waals surface area contributed by atoms with Crippen LogP contribution in [0.2, 0.25) is 0 Å². The average Bonchev–Trinajstić information content (AvgIpc) is 3.01. The van der Waals surface area contributed by atoms with E-state index in [1.165, 1.54) is 12.8 Å². The smallest absolute Gasteiger partial charge is 0.216 e. The summed E-state index contributed by atoms with van der Waals surface area (Å²) in [6.45, 7) is 4.30. The van der Waals surface area contributed by atoms with Gasteiger partial charge in [0.2, 0.25) is 5.91 Å². The first-order valence-electron chi connectivity index (χ1n) is 7.36. The number of hydrogen-bond donors (Lipinski definition) is 1. The summed E-state index contributed by atoms with van der Waals surface area (Å²) in [7, 11) is 3.27. The number of amides is 1.